The van der Waals surface area contributed by atoms with Crippen LogP contribution < -0.4 is 10.3 Å². The molecular weight excluding hydrogens is 332 g/mol. The Balaban J connectivity index is 2.33. The molecule has 7 heteroatoms. The van der Waals surface area contributed by atoms with Crippen LogP contribution in [0.3, 0.4) is 0 Å². The summed E-state index contributed by atoms with van der Waals surface area (Å²) in [6.45, 7) is 3.81. The summed E-state index contributed by atoms with van der Waals surface area (Å²) in [6, 6.07) is 7.29. The predicted molar refractivity (Wildman–Crippen MR) is 90.7 cm³/mol. The Labute approximate surface area is 145 Å². The molecular formula is C17H19ClN2O4. The highest BCUT2D eigenvalue weighted by molar-refractivity contribution is 6.31. The molecule has 1 heterocycles. The largest absolute Gasteiger partial charge is 0.497 e. The van der Waals surface area contributed by atoms with E-state index in [0.29, 0.717) is 0 Å². The van der Waals surface area contributed by atoms with Crippen LogP contribution in [0.25, 0.3) is 0 Å². The molecule has 0 N–H and O–H groups in total. The molecule has 6 nitrogen and oxygen atoms in total. The molecule has 0 bridgehead atoms. The van der Waals surface area contributed by atoms with E-state index in [2.05, 4.69) is 5.10 Å². The van der Waals surface area contributed by atoms with E-state index in [1.165, 1.54) is 10.9 Å². The predicted octanol–water partition coefficient (Wildman–Crippen LogP) is 2.62. The number of esters is 1. The number of carbonyl (C=O) groups is 1. The van der Waals surface area contributed by atoms with Gasteiger partial charge in [0.1, 0.15) is 5.75 Å². The van der Waals surface area contributed by atoms with Crippen molar-refractivity contribution >= 4 is 17.6 Å². The molecule has 0 aliphatic carbocycles. The summed E-state index contributed by atoms with van der Waals surface area (Å²) in [5.74, 6) is -0.513. The van der Waals surface area contributed by atoms with Gasteiger partial charge in [-0.2, -0.15) is 5.10 Å². The Morgan fingerprint density at radius 1 is 1.33 bits per heavy atom. The fourth-order valence-corrected chi connectivity index (χ4v) is 2.57. The third-order valence-electron chi connectivity index (χ3n) is 3.60. The highest BCUT2D eigenvalue weighted by Gasteiger charge is 2.24. The molecule has 0 saturated carbocycles. The van der Waals surface area contributed by atoms with E-state index in [4.69, 9.17) is 21.1 Å². The molecule has 1 aromatic heterocycles. The van der Waals surface area contributed by atoms with Gasteiger partial charge in [0.05, 0.1) is 43.0 Å². The van der Waals surface area contributed by atoms with Gasteiger partial charge in [0.15, 0.2) is 0 Å². The van der Waals surface area contributed by atoms with Gasteiger partial charge in [0.2, 0.25) is 0 Å². The van der Waals surface area contributed by atoms with E-state index in [1.807, 2.05) is 12.1 Å². The van der Waals surface area contributed by atoms with Gasteiger partial charge >= 0.3 is 5.97 Å². The zero-order valence-electron chi connectivity index (χ0n) is 13.8. The first-order chi connectivity index (χ1) is 11.5. The average Bonchev–Trinajstić information content (AvgIpc) is 2.58. The molecule has 1 atom stereocenters. The third kappa shape index (κ3) is 3.94. The number of hydrogen-bond donors (Lipinski definition) is 0. The summed E-state index contributed by atoms with van der Waals surface area (Å²) in [5.41, 5.74) is 0.667. The van der Waals surface area contributed by atoms with Gasteiger partial charge in [-0.1, -0.05) is 23.7 Å². The monoisotopic (exact) mass is 350 g/mol. The van der Waals surface area contributed by atoms with E-state index in [0.717, 1.165) is 11.3 Å². The smallest absolute Gasteiger partial charge is 0.313 e. The molecule has 2 aromatic rings. The van der Waals surface area contributed by atoms with E-state index in [-0.39, 0.29) is 23.7 Å². The Morgan fingerprint density at radius 3 is 2.58 bits per heavy atom. The van der Waals surface area contributed by atoms with Gasteiger partial charge in [0.25, 0.3) is 5.56 Å². The molecule has 0 aliphatic rings. The normalized spacial score (nSPS) is 11.8. The van der Waals surface area contributed by atoms with Crippen LogP contribution in [-0.4, -0.2) is 29.5 Å². The minimum atomic E-state index is -0.755. The summed E-state index contributed by atoms with van der Waals surface area (Å²) in [4.78, 5) is 24.6. The molecule has 0 aliphatic heterocycles. The minimum absolute atomic E-state index is 0.159. The standard InChI is InChI=1S/C17H19ClN2O4/c1-4-24-17(22)11(2)15-14(18)9-19-20(16(15)21)10-12-5-7-13(23-3)8-6-12/h5-9,11H,4,10H2,1-3H3. The summed E-state index contributed by atoms with van der Waals surface area (Å²) < 4.78 is 11.4. The number of hydrogen-bond acceptors (Lipinski definition) is 5. The van der Waals surface area contributed by atoms with Crippen LogP contribution in [-0.2, 0) is 16.1 Å². The van der Waals surface area contributed by atoms with Gasteiger partial charge in [-0.15, -0.1) is 0 Å². The van der Waals surface area contributed by atoms with Crippen LogP contribution >= 0.6 is 11.6 Å². The zero-order valence-corrected chi connectivity index (χ0v) is 14.5. The van der Waals surface area contributed by atoms with Crippen molar-refractivity contribution in [3.63, 3.8) is 0 Å². The lowest BCUT2D eigenvalue weighted by atomic mass is 10.0. The van der Waals surface area contributed by atoms with Crippen LogP contribution in [0.5, 0.6) is 5.75 Å². The van der Waals surface area contributed by atoms with Gasteiger partial charge in [-0.05, 0) is 31.5 Å². The minimum Gasteiger partial charge on any atom is -0.497 e. The number of benzene rings is 1. The van der Waals surface area contributed by atoms with Crippen molar-refractivity contribution in [2.24, 2.45) is 0 Å². The van der Waals surface area contributed by atoms with Crippen LogP contribution in [0.15, 0.2) is 35.3 Å². The SMILES string of the molecule is CCOC(=O)C(C)c1c(Cl)cnn(Cc2ccc(OC)cc2)c1=O. The molecule has 1 aromatic carbocycles. The highest BCUT2D eigenvalue weighted by atomic mass is 35.5. The first-order valence-corrected chi connectivity index (χ1v) is 7.90. The second-order valence-corrected chi connectivity index (χ2v) is 5.60. The van der Waals surface area contributed by atoms with E-state index in [1.54, 1.807) is 33.1 Å². The van der Waals surface area contributed by atoms with E-state index < -0.39 is 17.4 Å². The second-order valence-electron chi connectivity index (χ2n) is 5.19. The fourth-order valence-electron chi connectivity index (χ4n) is 2.28. The Morgan fingerprint density at radius 2 is 2.00 bits per heavy atom. The average molecular weight is 351 g/mol. The van der Waals surface area contributed by atoms with Crippen molar-refractivity contribution in [1.82, 2.24) is 9.78 Å². The summed E-state index contributed by atoms with van der Waals surface area (Å²) in [6.07, 6.45) is 1.37. The van der Waals surface area contributed by atoms with Crippen LogP contribution in [0, 0.1) is 0 Å². The van der Waals surface area contributed by atoms with Crippen LogP contribution in [0.2, 0.25) is 5.02 Å². The molecule has 1 unspecified atom stereocenters. The molecule has 0 radical (unpaired) electrons. The maximum Gasteiger partial charge on any atom is 0.313 e. The van der Waals surface area contributed by atoms with Crippen molar-refractivity contribution in [3.8, 4) is 5.75 Å². The number of aromatic nitrogens is 2. The van der Waals surface area contributed by atoms with Gasteiger partial charge < -0.3 is 9.47 Å². The molecule has 0 spiro atoms. The second kappa shape index (κ2) is 7.97. The summed E-state index contributed by atoms with van der Waals surface area (Å²) in [5, 5.41) is 4.21. The Bertz CT molecular complexity index is 771. The van der Waals surface area contributed by atoms with Crippen LogP contribution in [0.1, 0.15) is 30.9 Å². The Hall–Kier alpha value is -2.34. The van der Waals surface area contributed by atoms with E-state index in [9.17, 15) is 9.59 Å². The lowest BCUT2D eigenvalue weighted by Gasteiger charge is -2.14. The van der Waals surface area contributed by atoms with Crippen molar-refractivity contribution in [2.45, 2.75) is 26.3 Å². The lowest BCUT2D eigenvalue weighted by Crippen LogP contribution is -2.30. The van der Waals surface area contributed by atoms with E-state index >= 15 is 0 Å². The van der Waals surface area contributed by atoms with Crippen molar-refractivity contribution in [2.75, 3.05) is 13.7 Å². The number of nitrogens with zero attached hydrogens (tertiary/aromatic N) is 2. The van der Waals surface area contributed by atoms with Gasteiger partial charge in [0, 0.05) is 0 Å². The number of halogens is 1. The maximum absolute atomic E-state index is 12.7. The number of carbonyl (C=O) groups excluding carboxylic acids is 1. The zero-order chi connectivity index (χ0) is 17.7. The molecule has 128 valence electrons. The third-order valence-corrected chi connectivity index (χ3v) is 3.90. The number of ether oxygens (including phenoxy) is 2. The summed E-state index contributed by atoms with van der Waals surface area (Å²) >= 11 is 6.08. The number of methoxy groups -OCH3 is 1. The van der Waals surface area contributed by atoms with Crippen molar-refractivity contribution in [1.29, 1.82) is 0 Å². The van der Waals surface area contributed by atoms with Crippen molar-refractivity contribution in [3.05, 3.63) is 57.0 Å². The quantitative estimate of drug-likeness (QED) is 0.749. The fraction of sp³-hybridized carbons (Fsp3) is 0.353. The van der Waals surface area contributed by atoms with Crippen LogP contribution in [0.4, 0.5) is 0 Å². The van der Waals surface area contributed by atoms with Gasteiger partial charge in [-0.3, -0.25) is 9.59 Å². The lowest BCUT2D eigenvalue weighted by molar-refractivity contribution is -0.144. The molecule has 0 amide bonds. The molecule has 2 rings (SSSR count). The topological polar surface area (TPSA) is 70.4 Å². The highest BCUT2D eigenvalue weighted by Crippen LogP contribution is 2.21. The maximum atomic E-state index is 12.7. The molecule has 0 saturated heterocycles. The first-order valence-electron chi connectivity index (χ1n) is 7.53. The first kappa shape index (κ1) is 18.0. The summed E-state index contributed by atoms with van der Waals surface area (Å²) in [7, 11) is 1.59. The van der Waals surface area contributed by atoms with Gasteiger partial charge in [-0.25, -0.2) is 4.68 Å². The Kier molecular flexibility index (Phi) is 5.98. The molecule has 0 fully saturated rings. The number of rotatable bonds is 6. The molecule has 24 heavy (non-hydrogen) atoms. The van der Waals surface area contributed by atoms with Crippen molar-refractivity contribution < 1.29 is 14.3 Å².